The fraction of sp³-hybridized carbons (Fsp3) is 0.900. The minimum atomic E-state index is -0.491. The van der Waals surface area contributed by atoms with Gasteiger partial charge in [0, 0.05) is 12.8 Å². The standard InChI is InChI=1S/C20H38O6/c1-19(2,3)11-15(13-21)25-17(23)9-7-8-10-18(24)26-16(14-22)12-20(4,5)6/h15-16,21-22H,7-14H2,1-6H3. The van der Waals surface area contributed by atoms with Crippen LogP contribution in [-0.2, 0) is 19.1 Å². The summed E-state index contributed by atoms with van der Waals surface area (Å²) >= 11 is 0. The molecule has 26 heavy (non-hydrogen) atoms. The second-order valence-electron chi connectivity index (χ2n) is 9.33. The van der Waals surface area contributed by atoms with Gasteiger partial charge in [0.05, 0.1) is 13.2 Å². The fourth-order valence-electron chi connectivity index (χ4n) is 2.68. The molecule has 0 rings (SSSR count). The van der Waals surface area contributed by atoms with Crippen LogP contribution in [-0.4, -0.2) is 47.6 Å². The number of carbonyl (C=O) groups is 2. The Kier molecular flexibility index (Phi) is 11.0. The highest BCUT2D eigenvalue weighted by Crippen LogP contribution is 2.23. The summed E-state index contributed by atoms with van der Waals surface area (Å²) in [5.74, 6) is -0.717. The van der Waals surface area contributed by atoms with Crippen LogP contribution in [0, 0.1) is 10.8 Å². The fourth-order valence-corrected chi connectivity index (χ4v) is 2.68. The van der Waals surface area contributed by atoms with Crippen molar-refractivity contribution in [2.75, 3.05) is 13.2 Å². The monoisotopic (exact) mass is 374 g/mol. The van der Waals surface area contributed by atoms with Gasteiger partial charge in [-0.15, -0.1) is 0 Å². The highest BCUT2D eigenvalue weighted by atomic mass is 16.6. The van der Waals surface area contributed by atoms with E-state index in [1.54, 1.807) is 0 Å². The maximum absolute atomic E-state index is 11.8. The summed E-state index contributed by atoms with van der Waals surface area (Å²) in [5.41, 5.74) is -0.0680. The average molecular weight is 375 g/mol. The molecule has 0 aromatic rings. The molecule has 0 aliphatic carbocycles. The minimum absolute atomic E-state index is 0.0340. The van der Waals surface area contributed by atoms with Crippen LogP contribution in [0.5, 0.6) is 0 Å². The van der Waals surface area contributed by atoms with Crippen LogP contribution in [0.25, 0.3) is 0 Å². The van der Waals surface area contributed by atoms with Gasteiger partial charge >= 0.3 is 11.9 Å². The van der Waals surface area contributed by atoms with E-state index in [1.165, 1.54) is 0 Å². The molecule has 0 bridgehead atoms. The second kappa shape index (κ2) is 11.5. The second-order valence-corrected chi connectivity index (χ2v) is 9.33. The lowest BCUT2D eigenvalue weighted by Gasteiger charge is -2.25. The lowest BCUT2D eigenvalue weighted by atomic mass is 9.89. The molecule has 6 heteroatoms. The topological polar surface area (TPSA) is 93.1 Å². The van der Waals surface area contributed by atoms with E-state index in [-0.39, 0.29) is 48.8 Å². The average Bonchev–Trinajstić information content (AvgIpc) is 2.47. The molecule has 2 atom stereocenters. The first-order valence-corrected chi connectivity index (χ1v) is 9.47. The number of rotatable bonds is 11. The van der Waals surface area contributed by atoms with Crippen molar-refractivity contribution in [2.24, 2.45) is 10.8 Å². The van der Waals surface area contributed by atoms with Gasteiger partial charge in [0.15, 0.2) is 0 Å². The third-order valence-electron chi connectivity index (χ3n) is 3.70. The molecule has 2 N–H and O–H groups in total. The van der Waals surface area contributed by atoms with Gasteiger partial charge in [-0.1, -0.05) is 41.5 Å². The predicted molar refractivity (Wildman–Crippen MR) is 101 cm³/mol. The van der Waals surface area contributed by atoms with Gasteiger partial charge in [-0.2, -0.15) is 0 Å². The van der Waals surface area contributed by atoms with Gasteiger partial charge in [0.1, 0.15) is 12.2 Å². The number of aliphatic hydroxyl groups is 2. The van der Waals surface area contributed by atoms with Crippen LogP contribution in [0.15, 0.2) is 0 Å². The zero-order chi connectivity index (χ0) is 20.4. The molecule has 0 amide bonds. The smallest absolute Gasteiger partial charge is 0.306 e. The SMILES string of the molecule is CC(C)(C)CC(CO)OC(=O)CCCCC(=O)OC(CO)CC(C)(C)C. The van der Waals surface area contributed by atoms with E-state index in [0.717, 1.165) is 0 Å². The van der Waals surface area contributed by atoms with Crippen molar-refractivity contribution in [3.05, 3.63) is 0 Å². The van der Waals surface area contributed by atoms with Crippen molar-refractivity contribution in [3.63, 3.8) is 0 Å². The van der Waals surface area contributed by atoms with E-state index >= 15 is 0 Å². The van der Waals surface area contributed by atoms with E-state index in [4.69, 9.17) is 9.47 Å². The summed E-state index contributed by atoms with van der Waals surface area (Å²) in [7, 11) is 0. The van der Waals surface area contributed by atoms with Crippen molar-refractivity contribution in [1.29, 1.82) is 0 Å². The zero-order valence-electron chi connectivity index (χ0n) is 17.3. The predicted octanol–water partition coefficient (Wildman–Crippen LogP) is 3.23. The summed E-state index contributed by atoms with van der Waals surface area (Å²) in [6, 6.07) is 0. The quantitative estimate of drug-likeness (QED) is 0.426. The van der Waals surface area contributed by atoms with E-state index in [2.05, 4.69) is 0 Å². The van der Waals surface area contributed by atoms with Crippen molar-refractivity contribution in [1.82, 2.24) is 0 Å². The molecule has 0 saturated heterocycles. The number of ether oxygens (including phenoxy) is 2. The van der Waals surface area contributed by atoms with Crippen LogP contribution in [0.3, 0.4) is 0 Å². The van der Waals surface area contributed by atoms with E-state index < -0.39 is 12.2 Å². The molecule has 0 aromatic carbocycles. The third kappa shape index (κ3) is 14.1. The Labute approximate surface area is 158 Å². The van der Waals surface area contributed by atoms with Crippen molar-refractivity contribution in [2.45, 2.75) is 92.3 Å². The molecule has 0 saturated carbocycles. The largest absolute Gasteiger partial charge is 0.460 e. The molecule has 6 nitrogen and oxygen atoms in total. The lowest BCUT2D eigenvalue weighted by Crippen LogP contribution is -2.27. The highest BCUT2D eigenvalue weighted by molar-refractivity contribution is 5.70. The first-order valence-electron chi connectivity index (χ1n) is 9.47. The summed E-state index contributed by atoms with van der Waals surface area (Å²) < 4.78 is 10.6. The number of hydrogen-bond donors (Lipinski definition) is 2. The van der Waals surface area contributed by atoms with E-state index in [0.29, 0.717) is 25.7 Å². The molecule has 0 aromatic heterocycles. The highest BCUT2D eigenvalue weighted by Gasteiger charge is 2.22. The number of aliphatic hydroxyl groups excluding tert-OH is 2. The van der Waals surface area contributed by atoms with Gasteiger partial charge in [-0.05, 0) is 36.5 Å². The molecular weight excluding hydrogens is 336 g/mol. The van der Waals surface area contributed by atoms with Crippen molar-refractivity contribution in [3.8, 4) is 0 Å². The number of hydrogen-bond acceptors (Lipinski definition) is 6. The number of unbranched alkanes of at least 4 members (excludes halogenated alkanes) is 1. The van der Waals surface area contributed by atoms with Crippen LogP contribution in [0.2, 0.25) is 0 Å². The van der Waals surface area contributed by atoms with E-state index in [1.807, 2.05) is 41.5 Å². The van der Waals surface area contributed by atoms with Gasteiger partial charge < -0.3 is 19.7 Å². The Hall–Kier alpha value is -1.14. The molecule has 0 heterocycles. The van der Waals surface area contributed by atoms with Gasteiger partial charge in [-0.25, -0.2) is 0 Å². The maximum Gasteiger partial charge on any atom is 0.306 e. The summed E-state index contributed by atoms with van der Waals surface area (Å²) in [6.45, 7) is 11.8. The summed E-state index contributed by atoms with van der Waals surface area (Å²) in [4.78, 5) is 23.7. The Morgan fingerprint density at radius 2 is 1.04 bits per heavy atom. The van der Waals surface area contributed by atoms with Crippen molar-refractivity contribution < 1.29 is 29.3 Å². The van der Waals surface area contributed by atoms with E-state index in [9.17, 15) is 19.8 Å². The summed E-state index contributed by atoms with van der Waals surface area (Å²) in [6.07, 6.45) is 1.66. The van der Waals surface area contributed by atoms with Crippen LogP contribution in [0.4, 0.5) is 0 Å². The van der Waals surface area contributed by atoms with Crippen molar-refractivity contribution >= 4 is 11.9 Å². The maximum atomic E-state index is 11.8. The molecule has 0 spiro atoms. The normalized spacial score (nSPS) is 14.6. The number of esters is 2. The molecule has 154 valence electrons. The Balaban J connectivity index is 4.06. The molecular formula is C20H38O6. The molecule has 0 radical (unpaired) electrons. The summed E-state index contributed by atoms with van der Waals surface area (Å²) in [5, 5.41) is 18.6. The Morgan fingerprint density at radius 1 is 0.731 bits per heavy atom. The third-order valence-corrected chi connectivity index (χ3v) is 3.70. The molecule has 2 unspecified atom stereocenters. The molecule has 0 fully saturated rings. The first kappa shape index (κ1) is 24.9. The van der Waals surface area contributed by atoms with Gasteiger partial charge in [-0.3, -0.25) is 9.59 Å². The van der Waals surface area contributed by atoms with Crippen LogP contribution < -0.4 is 0 Å². The van der Waals surface area contributed by atoms with Gasteiger partial charge in [0.25, 0.3) is 0 Å². The molecule has 0 aliphatic rings. The minimum Gasteiger partial charge on any atom is -0.460 e. The Bertz CT molecular complexity index is 379. The lowest BCUT2D eigenvalue weighted by molar-refractivity contribution is -0.155. The zero-order valence-corrected chi connectivity index (χ0v) is 17.3. The van der Waals surface area contributed by atoms with Crippen LogP contribution >= 0.6 is 0 Å². The molecule has 0 aliphatic heterocycles. The van der Waals surface area contributed by atoms with Gasteiger partial charge in [0.2, 0.25) is 0 Å². The van der Waals surface area contributed by atoms with Crippen LogP contribution in [0.1, 0.15) is 80.1 Å². The Morgan fingerprint density at radius 3 is 1.27 bits per heavy atom. The number of carbonyl (C=O) groups excluding carboxylic acids is 2. The first-order chi connectivity index (χ1) is 11.9.